The molecular formula is C22H20N2. The Balaban J connectivity index is 1.63. The van der Waals surface area contributed by atoms with E-state index in [-0.39, 0.29) is 0 Å². The van der Waals surface area contributed by atoms with Crippen LogP contribution in [0.3, 0.4) is 0 Å². The summed E-state index contributed by atoms with van der Waals surface area (Å²) in [5, 5.41) is 1.10. The van der Waals surface area contributed by atoms with Crippen molar-refractivity contribution in [2.75, 3.05) is 5.73 Å². The highest BCUT2D eigenvalue weighted by Gasteiger charge is 2.33. The van der Waals surface area contributed by atoms with Crippen molar-refractivity contribution in [2.24, 2.45) is 5.92 Å². The molecule has 2 nitrogen and oxygen atoms in total. The van der Waals surface area contributed by atoms with E-state index < -0.39 is 0 Å². The van der Waals surface area contributed by atoms with Gasteiger partial charge in [0.25, 0.3) is 0 Å². The maximum absolute atomic E-state index is 6.60. The van der Waals surface area contributed by atoms with E-state index in [1.165, 1.54) is 28.8 Å². The summed E-state index contributed by atoms with van der Waals surface area (Å²) >= 11 is 0. The second-order valence-corrected chi connectivity index (χ2v) is 7.06. The highest BCUT2D eigenvalue weighted by atomic mass is 14.7. The van der Waals surface area contributed by atoms with Crippen LogP contribution in [0.1, 0.15) is 35.6 Å². The molecule has 0 unspecified atom stereocenters. The van der Waals surface area contributed by atoms with E-state index in [1.54, 1.807) is 0 Å². The van der Waals surface area contributed by atoms with Gasteiger partial charge in [0.1, 0.15) is 0 Å². The van der Waals surface area contributed by atoms with E-state index in [2.05, 4.69) is 54.6 Å². The summed E-state index contributed by atoms with van der Waals surface area (Å²) in [6.45, 7) is 0. The Morgan fingerprint density at radius 1 is 0.917 bits per heavy atom. The van der Waals surface area contributed by atoms with Crippen molar-refractivity contribution >= 4 is 22.2 Å². The number of nitrogen functional groups attached to an aromatic ring is 1. The van der Waals surface area contributed by atoms with Gasteiger partial charge in [-0.1, -0.05) is 54.6 Å². The Morgan fingerprint density at radius 3 is 2.58 bits per heavy atom. The Kier molecular flexibility index (Phi) is 2.99. The molecule has 0 fully saturated rings. The summed E-state index contributed by atoms with van der Waals surface area (Å²) < 4.78 is 0. The number of benzene rings is 2. The second kappa shape index (κ2) is 5.20. The Hall–Kier alpha value is -2.61. The molecule has 2 aliphatic carbocycles. The van der Waals surface area contributed by atoms with Crippen molar-refractivity contribution in [1.29, 1.82) is 0 Å². The normalized spacial score (nSPS) is 22.1. The molecule has 0 saturated carbocycles. The third-order valence-electron chi connectivity index (χ3n) is 5.55. The lowest BCUT2D eigenvalue weighted by molar-refractivity contribution is 0.451. The molecule has 0 saturated heterocycles. The van der Waals surface area contributed by atoms with Gasteiger partial charge < -0.3 is 5.73 Å². The average molecular weight is 312 g/mol. The van der Waals surface area contributed by atoms with Gasteiger partial charge >= 0.3 is 0 Å². The molecule has 0 aliphatic heterocycles. The van der Waals surface area contributed by atoms with Crippen LogP contribution in [0, 0.1) is 5.92 Å². The molecule has 0 radical (unpaired) electrons. The predicted octanol–water partition coefficient (Wildman–Crippen LogP) is 4.95. The van der Waals surface area contributed by atoms with Crippen molar-refractivity contribution in [2.45, 2.75) is 25.2 Å². The quantitative estimate of drug-likeness (QED) is 0.690. The summed E-state index contributed by atoms with van der Waals surface area (Å²) in [4.78, 5) is 4.95. The minimum atomic E-state index is 0.496. The number of anilines is 1. The fourth-order valence-corrected chi connectivity index (χ4v) is 4.53. The molecule has 3 aromatic rings. The lowest BCUT2D eigenvalue weighted by Gasteiger charge is -2.36. The third-order valence-corrected chi connectivity index (χ3v) is 5.55. The zero-order valence-electron chi connectivity index (χ0n) is 13.6. The topological polar surface area (TPSA) is 38.9 Å². The first-order valence-electron chi connectivity index (χ1n) is 8.72. The predicted molar refractivity (Wildman–Crippen MR) is 99.7 cm³/mol. The molecule has 1 heterocycles. The molecule has 2 heteroatoms. The van der Waals surface area contributed by atoms with Crippen LogP contribution in [0.5, 0.6) is 0 Å². The van der Waals surface area contributed by atoms with Crippen molar-refractivity contribution in [3.63, 3.8) is 0 Å². The lowest BCUT2D eigenvalue weighted by atomic mass is 9.70. The van der Waals surface area contributed by atoms with Crippen LogP contribution in [0.2, 0.25) is 0 Å². The van der Waals surface area contributed by atoms with Crippen LogP contribution in [0.25, 0.3) is 16.5 Å². The van der Waals surface area contributed by atoms with Gasteiger partial charge in [0, 0.05) is 22.3 Å². The van der Waals surface area contributed by atoms with E-state index in [9.17, 15) is 0 Å². The summed E-state index contributed by atoms with van der Waals surface area (Å²) in [5.41, 5.74) is 13.9. The molecule has 118 valence electrons. The van der Waals surface area contributed by atoms with E-state index in [4.69, 9.17) is 10.7 Å². The summed E-state index contributed by atoms with van der Waals surface area (Å²) in [5.74, 6) is 1.08. The first kappa shape index (κ1) is 13.8. The molecular weight excluding hydrogens is 292 g/mol. The Labute approximate surface area is 142 Å². The summed E-state index contributed by atoms with van der Waals surface area (Å²) in [7, 11) is 0. The molecule has 1 aromatic heterocycles. The number of rotatable bonds is 1. The van der Waals surface area contributed by atoms with E-state index >= 15 is 0 Å². The zero-order valence-corrected chi connectivity index (χ0v) is 13.6. The van der Waals surface area contributed by atoms with Crippen molar-refractivity contribution in [1.82, 2.24) is 4.98 Å². The van der Waals surface area contributed by atoms with Gasteiger partial charge in [-0.05, 0) is 48.3 Å². The lowest BCUT2D eigenvalue weighted by Crippen LogP contribution is -2.24. The Morgan fingerprint density at radius 2 is 1.71 bits per heavy atom. The molecule has 2 N–H and O–H groups in total. The molecule has 5 rings (SSSR count). The highest BCUT2D eigenvalue weighted by Crippen LogP contribution is 2.48. The number of nitrogens with zero attached hydrogens (tertiary/aromatic N) is 1. The monoisotopic (exact) mass is 312 g/mol. The maximum atomic E-state index is 6.60. The van der Waals surface area contributed by atoms with Gasteiger partial charge in [-0.15, -0.1) is 0 Å². The number of para-hydroxylation sites is 1. The Bertz CT molecular complexity index is 956. The van der Waals surface area contributed by atoms with Gasteiger partial charge in [0.2, 0.25) is 0 Å². The number of fused-ring (bicyclic) bond motifs is 5. The van der Waals surface area contributed by atoms with Crippen molar-refractivity contribution in [3.05, 3.63) is 77.5 Å². The maximum Gasteiger partial charge on any atom is 0.0726 e. The number of hydrogen-bond acceptors (Lipinski definition) is 2. The van der Waals surface area contributed by atoms with Crippen LogP contribution >= 0.6 is 0 Å². The van der Waals surface area contributed by atoms with Crippen LogP contribution in [0.15, 0.2) is 60.7 Å². The molecule has 2 aromatic carbocycles. The number of pyridine rings is 1. The number of allylic oxidation sites excluding steroid dienone is 2. The molecule has 0 amide bonds. The van der Waals surface area contributed by atoms with Gasteiger partial charge in [0.05, 0.1) is 5.52 Å². The minimum Gasteiger partial charge on any atom is -0.398 e. The van der Waals surface area contributed by atoms with Gasteiger partial charge in [-0.3, -0.25) is 4.98 Å². The van der Waals surface area contributed by atoms with E-state index in [0.29, 0.717) is 11.8 Å². The van der Waals surface area contributed by atoms with Crippen LogP contribution in [0.4, 0.5) is 5.69 Å². The SMILES string of the molecule is Nc1c2c(nc3ccccc13)C[C@H]1C=C(c3ccccc3)C[C@@H]2C1. The first-order chi connectivity index (χ1) is 11.8. The van der Waals surface area contributed by atoms with E-state index in [0.717, 1.165) is 29.4 Å². The average Bonchev–Trinajstić information content (AvgIpc) is 2.62. The second-order valence-electron chi connectivity index (χ2n) is 7.06. The fraction of sp³-hybridized carbons (Fsp3) is 0.227. The molecule has 2 aliphatic rings. The smallest absolute Gasteiger partial charge is 0.0726 e. The number of aromatic nitrogens is 1. The van der Waals surface area contributed by atoms with Gasteiger partial charge in [-0.25, -0.2) is 0 Å². The van der Waals surface area contributed by atoms with Crippen molar-refractivity contribution in [3.8, 4) is 0 Å². The minimum absolute atomic E-state index is 0.496. The molecule has 0 spiro atoms. The van der Waals surface area contributed by atoms with Crippen LogP contribution in [-0.2, 0) is 6.42 Å². The summed E-state index contributed by atoms with van der Waals surface area (Å²) in [6, 6.07) is 19.0. The molecule has 2 bridgehead atoms. The largest absolute Gasteiger partial charge is 0.398 e. The van der Waals surface area contributed by atoms with E-state index in [1.807, 2.05) is 6.07 Å². The number of nitrogens with two attached hydrogens (primary N) is 1. The third kappa shape index (κ3) is 2.06. The van der Waals surface area contributed by atoms with Gasteiger partial charge in [0.15, 0.2) is 0 Å². The number of hydrogen-bond donors (Lipinski definition) is 1. The first-order valence-corrected chi connectivity index (χ1v) is 8.72. The molecule has 24 heavy (non-hydrogen) atoms. The fourth-order valence-electron chi connectivity index (χ4n) is 4.53. The van der Waals surface area contributed by atoms with Crippen LogP contribution in [-0.4, -0.2) is 4.98 Å². The summed E-state index contributed by atoms with van der Waals surface area (Å²) in [6.07, 6.45) is 5.75. The molecule has 2 atom stereocenters. The highest BCUT2D eigenvalue weighted by molar-refractivity contribution is 5.92. The van der Waals surface area contributed by atoms with Crippen molar-refractivity contribution < 1.29 is 0 Å². The standard InChI is InChI=1S/C22H20N2/c23-22-18-8-4-5-9-19(18)24-20-12-14-10-16(13-17(11-14)21(20)22)15-6-2-1-3-7-15/h1-10,14,17H,11-13H2,(H2,23,24)/t14-,17-/m0/s1. The van der Waals surface area contributed by atoms with Crippen LogP contribution < -0.4 is 5.73 Å². The van der Waals surface area contributed by atoms with Gasteiger partial charge in [-0.2, -0.15) is 0 Å². The zero-order chi connectivity index (χ0) is 16.1.